The average Bonchev–Trinajstić information content (AvgIpc) is 3.05. The molecule has 0 saturated carbocycles. The molecule has 25 heavy (non-hydrogen) atoms. The minimum absolute atomic E-state index is 0.0164. The minimum atomic E-state index is 0.0164. The van der Waals surface area contributed by atoms with Crippen LogP contribution >= 0.6 is 0 Å². The SMILES string of the molecule is Cn1ccnc1CN1CCOC(COc2ncnc3ccccc23)C1. The van der Waals surface area contributed by atoms with Crippen LogP contribution in [0.25, 0.3) is 10.9 Å². The smallest absolute Gasteiger partial charge is 0.224 e. The number of hydrogen-bond acceptors (Lipinski definition) is 6. The van der Waals surface area contributed by atoms with Gasteiger partial charge in [-0.15, -0.1) is 0 Å². The van der Waals surface area contributed by atoms with Crippen LogP contribution in [-0.4, -0.2) is 56.8 Å². The molecule has 1 aliphatic rings. The lowest BCUT2D eigenvalue weighted by Gasteiger charge is -2.32. The van der Waals surface area contributed by atoms with E-state index in [2.05, 4.69) is 19.9 Å². The van der Waals surface area contributed by atoms with Crippen molar-refractivity contribution in [2.75, 3.05) is 26.3 Å². The summed E-state index contributed by atoms with van der Waals surface area (Å²) in [7, 11) is 2.02. The van der Waals surface area contributed by atoms with Crippen LogP contribution in [0.5, 0.6) is 5.88 Å². The van der Waals surface area contributed by atoms with E-state index in [1.54, 1.807) is 0 Å². The number of imidazole rings is 1. The van der Waals surface area contributed by atoms with Gasteiger partial charge in [-0.1, -0.05) is 12.1 Å². The highest BCUT2D eigenvalue weighted by atomic mass is 16.5. The zero-order valence-corrected chi connectivity index (χ0v) is 14.2. The van der Waals surface area contributed by atoms with Gasteiger partial charge in [-0.3, -0.25) is 4.90 Å². The maximum atomic E-state index is 5.94. The topological polar surface area (TPSA) is 65.3 Å². The Labute approximate surface area is 146 Å². The van der Waals surface area contributed by atoms with Crippen molar-refractivity contribution in [3.05, 3.63) is 48.8 Å². The van der Waals surface area contributed by atoms with Crippen molar-refractivity contribution in [3.63, 3.8) is 0 Å². The number of rotatable bonds is 5. The number of para-hydroxylation sites is 1. The molecule has 3 aromatic rings. The van der Waals surface area contributed by atoms with E-state index < -0.39 is 0 Å². The van der Waals surface area contributed by atoms with Gasteiger partial charge in [-0.2, -0.15) is 0 Å². The quantitative estimate of drug-likeness (QED) is 0.704. The van der Waals surface area contributed by atoms with Gasteiger partial charge in [0.2, 0.25) is 5.88 Å². The van der Waals surface area contributed by atoms with Gasteiger partial charge < -0.3 is 14.0 Å². The Balaban J connectivity index is 1.38. The lowest BCUT2D eigenvalue weighted by molar-refractivity contribution is -0.0515. The van der Waals surface area contributed by atoms with Crippen molar-refractivity contribution in [3.8, 4) is 5.88 Å². The van der Waals surface area contributed by atoms with E-state index in [-0.39, 0.29) is 6.10 Å². The normalized spacial score (nSPS) is 18.5. The molecule has 1 aromatic carbocycles. The summed E-state index contributed by atoms with van der Waals surface area (Å²) in [6.07, 6.45) is 5.35. The molecule has 1 unspecified atom stereocenters. The Morgan fingerprint density at radius 3 is 3.04 bits per heavy atom. The van der Waals surface area contributed by atoms with Crippen molar-refractivity contribution < 1.29 is 9.47 Å². The van der Waals surface area contributed by atoms with Crippen LogP contribution < -0.4 is 4.74 Å². The van der Waals surface area contributed by atoms with Gasteiger partial charge in [0.25, 0.3) is 0 Å². The summed E-state index contributed by atoms with van der Waals surface area (Å²) >= 11 is 0. The fourth-order valence-corrected chi connectivity index (χ4v) is 3.04. The third kappa shape index (κ3) is 3.62. The van der Waals surface area contributed by atoms with Gasteiger partial charge in [0.05, 0.1) is 24.1 Å². The number of benzene rings is 1. The van der Waals surface area contributed by atoms with Gasteiger partial charge in [0, 0.05) is 32.5 Å². The third-order valence-corrected chi connectivity index (χ3v) is 4.42. The average molecular weight is 339 g/mol. The molecule has 1 aliphatic heterocycles. The van der Waals surface area contributed by atoms with Crippen LogP contribution in [0.2, 0.25) is 0 Å². The van der Waals surface area contributed by atoms with Gasteiger partial charge in [0.1, 0.15) is 24.9 Å². The fourth-order valence-electron chi connectivity index (χ4n) is 3.04. The molecule has 7 heteroatoms. The number of aryl methyl sites for hydroxylation is 1. The molecule has 0 radical (unpaired) electrons. The van der Waals surface area contributed by atoms with Crippen molar-refractivity contribution in [1.29, 1.82) is 0 Å². The molecular formula is C18H21N5O2. The van der Waals surface area contributed by atoms with E-state index in [4.69, 9.17) is 9.47 Å². The Morgan fingerprint density at radius 1 is 1.24 bits per heavy atom. The molecule has 130 valence electrons. The monoisotopic (exact) mass is 339 g/mol. The molecule has 2 aromatic heterocycles. The Hall–Kier alpha value is -2.51. The van der Waals surface area contributed by atoms with E-state index in [0.29, 0.717) is 19.1 Å². The van der Waals surface area contributed by atoms with Gasteiger partial charge in [-0.05, 0) is 12.1 Å². The molecule has 1 saturated heterocycles. The van der Waals surface area contributed by atoms with Crippen molar-refractivity contribution in [2.24, 2.45) is 7.05 Å². The van der Waals surface area contributed by atoms with Crippen LogP contribution in [-0.2, 0) is 18.3 Å². The van der Waals surface area contributed by atoms with Crippen molar-refractivity contribution >= 4 is 10.9 Å². The van der Waals surface area contributed by atoms with E-state index in [0.717, 1.165) is 36.4 Å². The maximum Gasteiger partial charge on any atom is 0.224 e. The lowest BCUT2D eigenvalue weighted by Crippen LogP contribution is -2.44. The van der Waals surface area contributed by atoms with Gasteiger partial charge >= 0.3 is 0 Å². The Bertz CT molecular complexity index is 845. The van der Waals surface area contributed by atoms with E-state index in [1.807, 2.05) is 48.3 Å². The van der Waals surface area contributed by atoms with Gasteiger partial charge in [-0.25, -0.2) is 15.0 Å². The molecule has 7 nitrogen and oxygen atoms in total. The zero-order valence-electron chi connectivity index (χ0n) is 14.2. The van der Waals surface area contributed by atoms with Gasteiger partial charge in [0.15, 0.2) is 0 Å². The number of nitrogens with zero attached hydrogens (tertiary/aromatic N) is 5. The highest BCUT2D eigenvalue weighted by Gasteiger charge is 2.22. The molecular weight excluding hydrogens is 318 g/mol. The summed E-state index contributed by atoms with van der Waals surface area (Å²) in [6, 6.07) is 7.85. The molecule has 3 heterocycles. The first-order valence-corrected chi connectivity index (χ1v) is 8.42. The Kier molecular flexibility index (Phi) is 4.58. The highest BCUT2D eigenvalue weighted by Crippen LogP contribution is 2.21. The third-order valence-electron chi connectivity index (χ3n) is 4.42. The van der Waals surface area contributed by atoms with E-state index in [1.165, 1.54) is 6.33 Å². The van der Waals surface area contributed by atoms with Crippen LogP contribution in [0, 0.1) is 0 Å². The van der Waals surface area contributed by atoms with Crippen molar-refractivity contribution in [1.82, 2.24) is 24.4 Å². The van der Waals surface area contributed by atoms with Crippen LogP contribution in [0.3, 0.4) is 0 Å². The largest absolute Gasteiger partial charge is 0.474 e. The number of hydrogen-bond donors (Lipinski definition) is 0. The maximum absolute atomic E-state index is 5.94. The summed E-state index contributed by atoms with van der Waals surface area (Å²) in [5.41, 5.74) is 0.883. The molecule has 0 spiro atoms. The molecule has 1 fully saturated rings. The molecule has 0 bridgehead atoms. The summed E-state index contributed by atoms with van der Waals surface area (Å²) in [4.78, 5) is 15.3. The zero-order chi connectivity index (χ0) is 17.1. The fraction of sp³-hybridized carbons (Fsp3) is 0.389. The number of aromatic nitrogens is 4. The summed E-state index contributed by atoms with van der Waals surface area (Å²) < 4.78 is 13.8. The first kappa shape index (κ1) is 16.0. The molecule has 1 atom stereocenters. The predicted molar refractivity (Wildman–Crippen MR) is 93.3 cm³/mol. The molecule has 0 N–H and O–H groups in total. The van der Waals surface area contributed by atoms with Crippen molar-refractivity contribution in [2.45, 2.75) is 12.6 Å². The van der Waals surface area contributed by atoms with E-state index >= 15 is 0 Å². The molecule has 0 aliphatic carbocycles. The van der Waals surface area contributed by atoms with Crippen LogP contribution in [0.1, 0.15) is 5.82 Å². The first-order chi connectivity index (χ1) is 12.3. The predicted octanol–water partition coefficient (Wildman–Crippen LogP) is 1.64. The second kappa shape index (κ2) is 7.16. The standard InChI is InChI=1S/C18H21N5O2/c1-22-7-6-19-17(22)11-23-8-9-24-14(10-23)12-25-18-15-4-2-3-5-16(15)20-13-21-18/h2-7,13-14H,8-12H2,1H3. The van der Waals surface area contributed by atoms with Crippen LogP contribution in [0.15, 0.2) is 43.0 Å². The van der Waals surface area contributed by atoms with Crippen LogP contribution in [0.4, 0.5) is 0 Å². The number of fused-ring (bicyclic) bond motifs is 1. The number of morpholine rings is 1. The summed E-state index contributed by atoms with van der Waals surface area (Å²) in [6.45, 7) is 3.70. The Morgan fingerprint density at radius 2 is 2.16 bits per heavy atom. The van der Waals surface area contributed by atoms with E-state index in [9.17, 15) is 0 Å². The first-order valence-electron chi connectivity index (χ1n) is 8.42. The lowest BCUT2D eigenvalue weighted by atomic mass is 10.2. The molecule has 0 amide bonds. The second-order valence-corrected chi connectivity index (χ2v) is 6.19. The molecule has 4 rings (SSSR count). The summed E-state index contributed by atoms with van der Waals surface area (Å²) in [5.74, 6) is 1.67. The minimum Gasteiger partial charge on any atom is -0.474 e. The summed E-state index contributed by atoms with van der Waals surface area (Å²) in [5, 5.41) is 0.922. The second-order valence-electron chi connectivity index (χ2n) is 6.19. The highest BCUT2D eigenvalue weighted by molar-refractivity contribution is 5.82. The number of ether oxygens (including phenoxy) is 2.